The first-order valence-electron chi connectivity index (χ1n) is 9.72. The van der Waals surface area contributed by atoms with Crippen LogP contribution in [0.3, 0.4) is 0 Å². The zero-order chi connectivity index (χ0) is 22.3. The molecule has 3 aromatic rings. The molecule has 31 heavy (non-hydrogen) atoms. The van der Waals surface area contributed by atoms with Crippen molar-refractivity contribution in [3.05, 3.63) is 59.9 Å². The Balaban J connectivity index is 1.72. The van der Waals surface area contributed by atoms with Gasteiger partial charge in [0.2, 0.25) is 0 Å². The van der Waals surface area contributed by atoms with E-state index in [1.165, 1.54) is 0 Å². The van der Waals surface area contributed by atoms with Crippen molar-refractivity contribution in [2.75, 3.05) is 12.5 Å². The number of nitrogens with zero attached hydrogens (tertiary/aromatic N) is 3. The Kier molecular flexibility index (Phi) is 7.68. The highest BCUT2D eigenvalue weighted by atomic mass is 35.5. The van der Waals surface area contributed by atoms with E-state index in [0.29, 0.717) is 30.1 Å². The van der Waals surface area contributed by atoms with E-state index in [1.54, 1.807) is 30.6 Å². The third-order valence-electron chi connectivity index (χ3n) is 4.49. The number of imidazole rings is 1. The minimum atomic E-state index is -4.33. The summed E-state index contributed by atoms with van der Waals surface area (Å²) in [6.07, 6.45) is -0.106. The second-order valence-corrected chi connectivity index (χ2v) is 7.35. The number of benzene rings is 1. The molecule has 0 atom stereocenters. The molecule has 9 heteroatoms. The van der Waals surface area contributed by atoms with Gasteiger partial charge in [-0.3, -0.25) is 9.20 Å². The summed E-state index contributed by atoms with van der Waals surface area (Å²) in [7, 11) is 0. The molecule has 0 amide bonds. The Bertz CT molecular complexity index is 1060. The van der Waals surface area contributed by atoms with Crippen molar-refractivity contribution < 1.29 is 22.8 Å². The first kappa shape index (κ1) is 22.8. The maximum Gasteiger partial charge on any atom is 0.389 e. The molecule has 0 aliphatic rings. The van der Waals surface area contributed by atoms with Crippen LogP contribution < -0.4 is 0 Å². The number of fused-ring (bicyclic) bond motifs is 1. The summed E-state index contributed by atoms with van der Waals surface area (Å²) in [5, 5.41) is 3.90. The Hall–Kier alpha value is -2.87. The molecule has 2 heterocycles. The van der Waals surface area contributed by atoms with Crippen molar-refractivity contribution in [3.63, 3.8) is 0 Å². The minimum Gasteiger partial charge on any atom is -0.396 e. The number of hydrogen-bond acceptors (Lipinski definition) is 4. The Morgan fingerprint density at radius 3 is 2.87 bits per heavy atom. The lowest BCUT2D eigenvalue weighted by molar-refractivity contribution is -0.143. The highest BCUT2D eigenvalue weighted by molar-refractivity contribution is 6.17. The summed E-state index contributed by atoms with van der Waals surface area (Å²) in [5.74, 6) is 0.0751. The molecule has 0 unspecified atom stereocenters. The van der Waals surface area contributed by atoms with Crippen LogP contribution >= 0.6 is 11.6 Å². The van der Waals surface area contributed by atoms with Gasteiger partial charge in [-0.1, -0.05) is 23.4 Å². The molecule has 5 nitrogen and oxygen atoms in total. The van der Waals surface area contributed by atoms with Crippen LogP contribution in [0, 0.1) is 0 Å². The van der Waals surface area contributed by atoms with E-state index < -0.39 is 24.8 Å². The Morgan fingerprint density at radius 2 is 2.10 bits per heavy atom. The van der Waals surface area contributed by atoms with Crippen LogP contribution in [0.2, 0.25) is 0 Å². The molecule has 0 spiro atoms. The smallest absolute Gasteiger partial charge is 0.389 e. The van der Waals surface area contributed by atoms with E-state index in [4.69, 9.17) is 16.4 Å². The lowest BCUT2D eigenvalue weighted by Crippen LogP contribution is -2.12. The van der Waals surface area contributed by atoms with Crippen LogP contribution in [0.15, 0.2) is 53.9 Å². The third kappa shape index (κ3) is 6.82. The fraction of sp³-hybridized carbons (Fsp3) is 0.318. The number of halogens is 4. The van der Waals surface area contributed by atoms with Crippen molar-refractivity contribution in [3.8, 4) is 11.3 Å². The van der Waals surface area contributed by atoms with E-state index in [1.807, 2.05) is 28.8 Å². The summed E-state index contributed by atoms with van der Waals surface area (Å²) in [6, 6.07) is 10.9. The average molecular weight is 452 g/mol. The molecule has 0 aliphatic heterocycles. The normalized spacial score (nSPS) is 12.0. The van der Waals surface area contributed by atoms with Gasteiger partial charge in [-0.25, -0.2) is 4.98 Å². The fourth-order valence-corrected chi connectivity index (χ4v) is 3.11. The van der Waals surface area contributed by atoms with Gasteiger partial charge < -0.3 is 4.84 Å². The summed E-state index contributed by atoms with van der Waals surface area (Å²) < 4.78 is 38.8. The maximum absolute atomic E-state index is 12.3. The number of Topliss-reactive ketones (excluding diaryl/α,β-unsaturated/α-hetero) is 1. The van der Waals surface area contributed by atoms with E-state index in [2.05, 4.69) is 10.1 Å². The molecule has 3 rings (SSSR count). The topological polar surface area (TPSA) is 56.0 Å². The predicted octanol–water partition coefficient (Wildman–Crippen LogP) is 5.43. The summed E-state index contributed by atoms with van der Waals surface area (Å²) >= 11 is 5.58. The number of pyridine rings is 1. The first-order chi connectivity index (χ1) is 14.9. The number of ketones is 1. The van der Waals surface area contributed by atoms with E-state index in [0.717, 1.165) is 16.8 Å². The van der Waals surface area contributed by atoms with Gasteiger partial charge in [0.25, 0.3) is 0 Å². The van der Waals surface area contributed by atoms with Gasteiger partial charge in [0, 0.05) is 36.0 Å². The molecule has 0 bridgehead atoms. The molecule has 0 saturated heterocycles. The fourth-order valence-electron chi connectivity index (χ4n) is 3.00. The zero-order valence-corrected chi connectivity index (χ0v) is 17.4. The molecule has 2 aromatic heterocycles. The highest BCUT2D eigenvalue weighted by Crippen LogP contribution is 2.24. The van der Waals surface area contributed by atoms with E-state index >= 15 is 0 Å². The minimum absolute atomic E-state index is 0.0367. The highest BCUT2D eigenvalue weighted by Gasteiger charge is 2.27. The van der Waals surface area contributed by atoms with Crippen LogP contribution in [0.5, 0.6) is 0 Å². The van der Waals surface area contributed by atoms with Crippen LogP contribution in [0.4, 0.5) is 13.2 Å². The van der Waals surface area contributed by atoms with Gasteiger partial charge >= 0.3 is 6.18 Å². The van der Waals surface area contributed by atoms with Crippen LogP contribution in [-0.4, -0.2) is 40.0 Å². The van der Waals surface area contributed by atoms with Crippen LogP contribution in [-0.2, 0) is 16.1 Å². The van der Waals surface area contributed by atoms with Crippen molar-refractivity contribution in [2.24, 2.45) is 5.16 Å². The third-order valence-corrected chi connectivity index (χ3v) is 4.76. The monoisotopic (exact) mass is 451 g/mol. The van der Waals surface area contributed by atoms with Crippen molar-refractivity contribution in [2.45, 2.75) is 31.9 Å². The van der Waals surface area contributed by atoms with Gasteiger partial charge in [-0.15, -0.1) is 11.6 Å². The van der Waals surface area contributed by atoms with Gasteiger partial charge in [0.1, 0.15) is 18.0 Å². The molecule has 164 valence electrons. The largest absolute Gasteiger partial charge is 0.396 e. The van der Waals surface area contributed by atoms with Crippen molar-refractivity contribution >= 4 is 29.2 Å². The molecule has 0 fully saturated rings. The lowest BCUT2D eigenvalue weighted by Gasteiger charge is -2.07. The second-order valence-electron chi connectivity index (χ2n) is 6.97. The number of aromatic nitrogens is 2. The number of hydrogen-bond donors (Lipinski definition) is 0. The molecule has 1 aromatic carbocycles. The standard InChI is InChI=1S/C22H21ClF3N3O2/c23-8-2-10-31-28-14-17-6-9-29-20(15-27-21(29)13-17)18-4-1-3-16(11-18)12-19(30)5-7-22(24,25)26/h1,3-4,6,9,11,13-15H,2,5,7-8,10,12H2. The lowest BCUT2D eigenvalue weighted by atomic mass is 10.0. The van der Waals surface area contributed by atoms with Gasteiger partial charge in [0.05, 0.1) is 24.5 Å². The number of rotatable bonds is 10. The van der Waals surface area contributed by atoms with Crippen molar-refractivity contribution in [1.82, 2.24) is 9.38 Å². The van der Waals surface area contributed by atoms with Crippen molar-refractivity contribution in [1.29, 1.82) is 0 Å². The second kappa shape index (κ2) is 10.4. The zero-order valence-electron chi connectivity index (χ0n) is 16.6. The molecule has 0 aliphatic carbocycles. The first-order valence-corrected chi connectivity index (χ1v) is 10.3. The van der Waals surface area contributed by atoms with Crippen LogP contribution in [0.25, 0.3) is 16.9 Å². The van der Waals surface area contributed by atoms with Gasteiger partial charge in [-0.2, -0.15) is 13.2 Å². The van der Waals surface area contributed by atoms with Crippen LogP contribution in [0.1, 0.15) is 30.4 Å². The van der Waals surface area contributed by atoms with Gasteiger partial charge in [-0.05, 0) is 30.2 Å². The Morgan fingerprint density at radius 1 is 1.26 bits per heavy atom. The summed E-state index contributed by atoms with van der Waals surface area (Å²) in [4.78, 5) is 21.4. The van der Waals surface area contributed by atoms with E-state index in [-0.39, 0.29) is 6.42 Å². The number of carbonyl (C=O) groups is 1. The Labute approximate surface area is 182 Å². The maximum atomic E-state index is 12.3. The van der Waals surface area contributed by atoms with Gasteiger partial charge in [0.15, 0.2) is 0 Å². The SMILES string of the molecule is O=C(CCC(F)(F)F)Cc1cccc(-c2cnc3cc(C=NOCCCCl)ccn23)c1. The number of oxime groups is 1. The molecular weight excluding hydrogens is 431 g/mol. The molecular formula is C22H21ClF3N3O2. The molecule has 0 saturated carbocycles. The quantitative estimate of drug-likeness (QED) is 0.179. The number of alkyl halides is 4. The average Bonchev–Trinajstić information content (AvgIpc) is 3.15. The van der Waals surface area contributed by atoms with E-state index in [9.17, 15) is 18.0 Å². The molecule has 0 N–H and O–H groups in total. The number of carbonyl (C=O) groups excluding carboxylic acids is 1. The summed E-state index contributed by atoms with van der Waals surface area (Å²) in [6.45, 7) is 0.449. The summed E-state index contributed by atoms with van der Waals surface area (Å²) in [5.41, 5.74) is 3.81. The molecule has 0 radical (unpaired) electrons. The predicted molar refractivity (Wildman–Crippen MR) is 114 cm³/mol.